The van der Waals surface area contributed by atoms with Gasteiger partial charge in [0.1, 0.15) is 6.04 Å². The molecule has 2 aromatic carbocycles. The van der Waals surface area contributed by atoms with Crippen LogP contribution in [0.15, 0.2) is 48.5 Å². The number of rotatable bonds is 12. The first kappa shape index (κ1) is 28.9. The molecule has 0 bridgehead atoms. The second-order valence-corrected chi connectivity index (χ2v) is 11.2. The highest BCUT2D eigenvalue weighted by molar-refractivity contribution is 7.92. The molecular formula is C25H33Cl2N3O4S. The van der Waals surface area contributed by atoms with Gasteiger partial charge in [0, 0.05) is 41.2 Å². The molecule has 35 heavy (non-hydrogen) atoms. The Balaban J connectivity index is 2.21. The summed E-state index contributed by atoms with van der Waals surface area (Å²) in [6, 6.07) is 13.0. The van der Waals surface area contributed by atoms with Crippen molar-refractivity contribution in [2.24, 2.45) is 0 Å². The lowest BCUT2D eigenvalue weighted by molar-refractivity contribution is -0.140. The van der Waals surface area contributed by atoms with E-state index in [0.29, 0.717) is 21.3 Å². The van der Waals surface area contributed by atoms with E-state index in [0.717, 1.165) is 12.7 Å². The maximum absolute atomic E-state index is 13.3. The molecule has 2 amide bonds. The summed E-state index contributed by atoms with van der Waals surface area (Å²) in [4.78, 5) is 27.6. The highest BCUT2D eigenvalue weighted by Crippen LogP contribution is 2.27. The summed E-state index contributed by atoms with van der Waals surface area (Å²) in [5.74, 6) is -0.577. The predicted octanol–water partition coefficient (Wildman–Crippen LogP) is 4.87. The molecule has 192 valence electrons. The second-order valence-electron chi connectivity index (χ2n) is 8.49. The largest absolute Gasteiger partial charge is 0.352 e. The minimum atomic E-state index is -3.53. The van der Waals surface area contributed by atoms with Gasteiger partial charge in [-0.2, -0.15) is 0 Å². The van der Waals surface area contributed by atoms with Crippen LogP contribution in [0.5, 0.6) is 0 Å². The van der Waals surface area contributed by atoms with Crippen molar-refractivity contribution in [2.45, 2.75) is 58.7 Å². The van der Waals surface area contributed by atoms with E-state index < -0.39 is 16.1 Å². The second kappa shape index (κ2) is 13.1. The Hall–Kier alpha value is -2.29. The van der Waals surface area contributed by atoms with E-state index in [1.807, 2.05) is 13.8 Å². The molecule has 2 aromatic rings. The number of anilines is 1. The van der Waals surface area contributed by atoms with Gasteiger partial charge in [0.05, 0.1) is 11.9 Å². The van der Waals surface area contributed by atoms with Crippen LogP contribution < -0.4 is 9.62 Å². The Bertz CT molecular complexity index is 1090. The van der Waals surface area contributed by atoms with Crippen molar-refractivity contribution in [1.29, 1.82) is 0 Å². The molecule has 0 fully saturated rings. The molecule has 0 aliphatic heterocycles. The molecule has 0 saturated carbocycles. The van der Waals surface area contributed by atoms with Gasteiger partial charge in [0.25, 0.3) is 0 Å². The topological polar surface area (TPSA) is 86.8 Å². The number of benzene rings is 2. The van der Waals surface area contributed by atoms with Crippen molar-refractivity contribution in [1.82, 2.24) is 10.2 Å². The lowest BCUT2D eigenvalue weighted by atomic mass is 10.1. The molecule has 0 saturated heterocycles. The van der Waals surface area contributed by atoms with E-state index in [1.165, 1.54) is 9.21 Å². The average molecular weight is 543 g/mol. The number of nitrogens with one attached hydrogen (secondary N) is 1. The van der Waals surface area contributed by atoms with Crippen molar-refractivity contribution in [3.05, 3.63) is 64.1 Å². The first-order valence-corrected chi connectivity index (χ1v) is 14.1. The smallest absolute Gasteiger partial charge is 0.242 e. The van der Waals surface area contributed by atoms with Gasteiger partial charge in [-0.25, -0.2) is 8.42 Å². The highest BCUT2D eigenvalue weighted by Gasteiger charge is 2.28. The Morgan fingerprint density at radius 3 is 2.14 bits per heavy atom. The number of para-hydroxylation sites is 1. The van der Waals surface area contributed by atoms with Crippen LogP contribution in [0.4, 0.5) is 5.69 Å². The lowest BCUT2D eigenvalue weighted by Crippen LogP contribution is -2.49. The Kier molecular flexibility index (Phi) is 10.9. The van der Waals surface area contributed by atoms with Gasteiger partial charge < -0.3 is 10.2 Å². The van der Waals surface area contributed by atoms with E-state index >= 15 is 0 Å². The molecule has 2 atom stereocenters. The van der Waals surface area contributed by atoms with E-state index in [1.54, 1.807) is 55.5 Å². The van der Waals surface area contributed by atoms with E-state index in [4.69, 9.17) is 23.2 Å². The zero-order valence-electron chi connectivity index (χ0n) is 20.5. The maximum atomic E-state index is 13.3. The van der Waals surface area contributed by atoms with Crippen LogP contribution in [0.3, 0.4) is 0 Å². The van der Waals surface area contributed by atoms with Crippen molar-refractivity contribution < 1.29 is 18.0 Å². The fourth-order valence-electron chi connectivity index (χ4n) is 3.50. The summed E-state index contributed by atoms with van der Waals surface area (Å²) in [6.45, 7) is 5.70. The normalized spacial score (nSPS) is 13.1. The molecule has 7 nitrogen and oxygen atoms in total. The average Bonchev–Trinajstić information content (AvgIpc) is 2.80. The number of halogens is 2. The van der Waals surface area contributed by atoms with Gasteiger partial charge in [-0.15, -0.1) is 0 Å². The van der Waals surface area contributed by atoms with Crippen molar-refractivity contribution in [3.8, 4) is 0 Å². The first-order valence-electron chi connectivity index (χ1n) is 11.5. The number of carbonyl (C=O) groups excluding carboxylic acids is 2. The molecule has 0 spiro atoms. The zero-order chi connectivity index (χ0) is 26.2. The first-order chi connectivity index (χ1) is 16.5. The fraction of sp³-hybridized carbons (Fsp3) is 0.440. The van der Waals surface area contributed by atoms with Gasteiger partial charge in [-0.1, -0.05) is 54.4 Å². The number of hydrogen-bond donors (Lipinski definition) is 1. The van der Waals surface area contributed by atoms with Crippen molar-refractivity contribution in [2.75, 3.05) is 17.1 Å². The summed E-state index contributed by atoms with van der Waals surface area (Å²) in [6.07, 6.45) is 2.20. The van der Waals surface area contributed by atoms with Crippen LogP contribution in [0, 0.1) is 0 Å². The summed E-state index contributed by atoms with van der Waals surface area (Å²) >= 11 is 12.7. The zero-order valence-corrected chi connectivity index (χ0v) is 22.8. The number of amides is 2. The van der Waals surface area contributed by atoms with E-state index in [-0.39, 0.29) is 43.8 Å². The van der Waals surface area contributed by atoms with Crippen LogP contribution >= 0.6 is 23.2 Å². The Labute approximate surface area is 218 Å². The molecule has 10 heteroatoms. The van der Waals surface area contributed by atoms with Gasteiger partial charge in [0.2, 0.25) is 21.8 Å². The highest BCUT2D eigenvalue weighted by atomic mass is 35.5. The number of carbonyl (C=O) groups is 2. The molecule has 0 aliphatic rings. The lowest BCUT2D eigenvalue weighted by Gasteiger charge is -2.30. The summed E-state index contributed by atoms with van der Waals surface area (Å²) < 4.78 is 25.9. The quantitative estimate of drug-likeness (QED) is 0.415. The summed E-state index contributed by atoms with van der Waals surface area (Å²) in [5, 5.41) is 3.71. The van der Waals surface area contributed by atoms with Crippen LogP contribution in [-0.4, -0.2) is 50.0 Å². The molecule has 0 aliphatic carbocycles. The third-order valence-corrected chi connectivity index (χ3v) is 7.66. The third-order valence-electron chi connectivity index (χ3n) is 5.75. The minimum absolute atomic E-state index is 0.0417. The fourth-order valence-corrected chi connectivity index (χ4v) is 4.98. The van der Waals surface area contributed by atoms with Crippen LogP contribution in [0.25, 0.3) is 0 Å². The van der Waals surface area contributed by atoms with Crippen molar-refractivity contribution >= 4 is 50.7 Å². The number of sulfonamides is 1. The molecule has 1 N–H and O–H groups in total. The maximum Gasteiger partial charge on any atom is 0.242 e. The molecular weight excluding hydrogens is 509 g/mol. The van der Waals surface area contributed by atoms with E-state index in [2.05, 4.69) is 5.32 Å². The standard InChI is InChI=1S/C25H33Cl2N3O4S/c1-5-18(2)28-25(32)19(3)29(17-21-22(26)13-9-14-23(21)27)24(31)15-10-16-30(35(4,33)34)20-11-7-6-8-12-20/h6-9,11-14,18-19H,5,10,15-17H2,1-4H3,(H,28,32)/t18-,19+/m1/s1. The SMILES string of the molecule is CC[C@@H](C)NC(=O)[C@H](C)N(Cc1c(Cl)cccc1Cl)C(=O)CCCN(c1ccccc1)S(C)(=O)=O. The van der Waals surface area contributed by atoms with Gasteiger partial charge in [0.15, 0.2) is 0 Å². The monoisotopic (exact) mass is 541 g/mol. The Morgan fingerprint density at radius 1 is 1.00 bits per heavy atom. The van der Waals surface area contributed by atoms with Gasteiger partial charge in [-0.05, 0) is 51.0 Å². The summed E-state index contributed by atoms with van der Waals surface area (Å²) in [5.41, 5.74) is 1.08. The van der Waals surface area contributed by atoms with Crippen LogP contribution in [0.1, 0.15) is 45.6 Å². The minimum Gasteiger partial charge on any atom is -0.352 e. The third kappa shape index (κ3) is 8.40. The van der Waals surface area contributed by atoms with E-state index in [9.17, 15) is 18.0 Å². The van der Waals surface area contributed by atoms with Crippen LogP contribution in [0.2, 0.25) is 10.0 Å². The molecule has 0 heterocycles. The summed E-state index contributed by atoms with van der Waals surface area (Å²) in [7, 11) is -3.53. The predicted molar refractivity (Wildman–Crippen MR) is 142 cm³/mol. The number of nitrogens with zero attached hydrogens (tertiary/aromatic N) is 2. The molecule has 0 unspecified atom stereocenters. The molecule has 0 radical (unpaired) electrons. The number of hydrogen-bond acceptors (Lipinski definition) is 4. The van der Waals surface area contributed by atoms with Gasteiger partial charge in [-0.3, -0.25) is 13.9 Å². The van der Waals surface area contributed by atoms with Crippen LogP contribution in [-0.2, 0) is 26.2 Å². The Morgan fingerprint density at radius 2 is 1.60 bits per heavy atom. The molecule has 2 rings (SSSR count). The van der Waals surface area contributed by atoms with Gasteiger partial charge >= 0.3 is 0 Å². The van der Waals surface area contributed by atoms with Crippen molar-refractivity contribution in [3.63, 3.8) is 0 Å². The molecule has 0 aromatic heterocycles.